The highest BCUT2D eigenvalue weighted by atomic mass is 16.5. The fraction of sp³-hybridized carbons (Fsp3) is 0.333. The van der Waals surface area contributed by atoms with Gasteiger partial charge in [0.25, 0.3) is 0 Å². The standard InChI is InChI=1S/C6H8O2/c7-4-6-2-1-3-8-5-6/h1-2,5,7H,3-4H2. The Morgan fingerprint density at radius 2 is 2.62 bits per heavy atom. The molecule has 1 rings (SSSR count). The van der Waals surface area contributed by atoms with Gasteiger partial charge in [-0.05, 0) is 6.08 Å². The second-order valence-electron chi connectivity index (χ2n) is 1.59. The van der Waals surface area contributed by atoms with Crippen molar-refractivity contribution in [1.29, 1.82) is 0 Å². The molecule has 0 saturated carbocycles. The van der Waals surface area contributed by atoms with Crippen LogP contribution in [0.2, 0.25) is 0 Å². The first-order valence-electron chi connectivity index (χ1n) is 2.51. The summed E-state index contributed by atoms with van der Waals surface area (Å²) in [5.41, 5.74) is 0.830. The lowest BCUT2D eigenvalue weighted by molar-refractivity contribution is 0.268. The summed E-state index contributed by atoms with van der Waals surface area (Å²) >= 11 is 0. The van der Waals surface area contributed by atoms with Crippen LogP contribution in [-0.4, -0.2) is 18.3 Å². The smallest absolute Gasteiger partial charge is 0.106 e. The van der Waals surface area contributed by atoms with Gasteiger partial charge in [0.1, 0.15) is 6.61 Å². The number of aliphatic hydroxyl groups excluding tert-OH is 1. The molecule has 0 spiro atoms. The van der Waals surface area contributed by atoms with E-state index in [-0.39, 0.29) is 6.61 Å². The predicted molar refractivity (Wildman–Crippen MR) is 30.3 cm³/mol. The van der Waals surface area contributed by atoms with E-state index in [2.05, 4.69) is 0 Å². The summed E-state index contributed by atoms with van der Waals surface area (Å²) in [5, 5.41) is 8.49. The molecule has 1 aliphatic heterocycles. The van der Waals surface area contributed by atoms with Crippen molar-refractivity contribution in [3.8, 4) is 0 Å². The largest absolute Gasteiger partial charge is 0.497 e. The van der Waals surface area contributed by atoms with Gasteiger partial charge in [0.2, 0.25) is 0 Å². The van der Waals surface area contributed by atoms with Crippen molar-refractivity contribution in [1.82, 2.24) is 0 Å². The van der Waals surface area contributed by atoms with Crippen molar-refractivity contribution >= 4 is 0 Å². The molecule has 1 aliphatic rings. The van der Waals surface area contributed by atoms with E-state index < -0.39 is 0 Å². The zero-order valence-corrected chi connectivity index (χ0v) is 4.50. The molecule has 1 N–H and O–H groups in total. The molecule has 0 amide bonds. The Kier molecular flexibility index (Phi) is 1.70. The molecule has 0 aromatic rings. The summed E-state index contributed by atoms with van der Waals surface area (Å²) in [4.78, 5) is 0. The highest BCUT2D eigenvalue weighted by Crippen LogP contribution is 2.00. The molecule has 44 valence electrons. The molecular formula is C6H8O2. The van der Waals surface area contributed by atoms with Gasteiger partial charge in [-0.15, -0.1) is 0 Å². The lowest BCUT2D eigenvalue weighted by Gasteiger charge is -2.03. The number of hydrogen-bond acceptors (Lipinski definition) is 2. The molecule has 0 aromatic carbocycles. The summed E-state index contributed by atoms with van der Waals surface area (Å²) < 4.78 is 4.86. The summed E-state index contributed by atoms with van der Waals surface area (Å²) in [6.45, 7) is 0.694. The third-order valence-electron chi connectivity index (χ3n) is 0.942. The van der Waals surface area contributed by atoms with E-state index >= 15 is 0 Å². The Balaban J connectivity index is 2.51. The molecule has 0 unspecified atom stereocenters. The third-order valence-corrected chi connectivity index (χ3v) is 0.942. The van der Waals surface area contributed by atoms with Gasteiger partial charge in [-0.1, -0.05) is 6.08 Å². The van der Waals surface area contributed by atoms with Crippen LogP contribution >= 0.6 is 0 Å². The monoisotopic (exact) mass is 112 g/mol. The number of hydrogen-bond donors (Lipinski definition) is 1. The summed E-state index contributed by atoms with van der Waals surface area (Å²) in [7, 11) is 0. The second kappa shape index (κ2) is 2.52. The van der Waals surface area contributed by atoms with Crippen molar-refractivity contribution in [2.45, 2.75) is 0 Å². The van der Waals surface area contributed by atoms with Crippen LogP contribution in [0.5, 0.6) is 0 Å². The fourth-order valence-corrected chi connectivity index (χ4v) is 0.539. The van der Waals surface area contributed by atoms with Crippen LogP contribution < -0.4 is 0 Å². The Hall–Kier alpha value is -0.760. The molecule has 0 atom stereocenters. The van der Waals surface area contributed by atoms with Gasteiger partial charge in [0.15, 0.2) is 0 Å². The van der Waals surface area contributed by atoms with Gasteiger partial charge in [-0.25, -0.2) is 0 Å². The summed E-state index contributed by atoms with van der Waals surface area (Å²) in [6.07, 6.45) is 5.29. The molecule has 0 saturated heterocycles. The van der Waals surface area contributed by atoms with Crippen molar-refractivity contribution in [2.24, 2.45) is 0 Å². The Morgan fingerprint density at radius 3 is 3.00 bits per heavy atom. The second-order valence-corrected chi connectivity index (χ2v) is 1.59. The SMILES string of the molecule is OCC1=COCC=C1. The maximum atomic E-state index is 8.49. The highest BCUT2D eigenvalue weighted by molar-refractivity contribution is 5.18. The lowest BCUT2D eigenvalue weighted by Crippen LogP contribution is -1.94. The minimum atomic E-state index is 0.0660. The van der Waals surface area contributed by atoms with Crippen LogP contribution in [0.1, 0.15) is 0 Å². The minimum Gasteiger partial charge on any atom is -0.497 e. The summed E-state index contributed by atoms with van der Waals surface area (Å²) in [5.74, 6) is 0. The van der Waals surface area contributed by atoms with Crippen LogP contribution in [0.3, 0.4) is 0 Å². The molecule has 0 aliphatic carbocycles. The zero-order chi connectivity index (χ0) is 5.82. The van der Waals surface area contributed by atoms with Crippen LogP contribution in [0, 0.1) is 0 Å². The molecular weight excluding hydrogens is 104 g/mol. The van der Waals surface area contributed by atoms with E-state index in [0.29, 0.717) is 6.61 Å². The Labute approximate surface area is 48.1 Å². The van der Waals surface area contributed by atoms with Gasteiger partial charge in [-0.2, -0.15) is 0 Å². The lowest BCUT2D eigenvalue weighted by atomic mass is 10.3. The molecule has 2 heteroatoms. The average molecular weight is 112 g/mol. The van der Waals surface area contributed by atoms with E-state index in [1.807, 2.05) is 12.2 Å². The molecule has 8 heavy (non-hydrogen) atoms. The van der Waals surface area contributed by atoms with Crippen molar-refractivity contribution in [3.63, 3.8) is 0 Å². The number of rotatable bonds is 1. The van der Waals surface area contributed by atoms with E-state index in [9.17, 15) is 0 Å². The molecule has 0 aromatic heterocycles. The van der Waals surface area contributed by atoms with Gasteiger partial charge in [-0.3, -0.25) is 0 Å². The first-order valence-corrected chi connectivity index (χ1v) is 2.51. The number of ether oxygens (including phenoxy) is 1. The zero-order valence-electron chi connectivity index (χ0n) is 4.50. The fourth-order valence-electron chi connectivity index (χ4n) is 0.539. The molecule has 2 nitrogen and oxygen atoms in total. The van der Waals surface area contributed by atoms with E-state index in [1.165, 1.54) is 0 Å². The van der Waals surface area contributed by atoms with E-state index in [0.717, 1.165) is 5.57 Å². The summed E-state index contributed by atoms with van der Waals surface area (Å²) in [6, 6.07) is 0. The van der Waals surface area contributed by atoms with E-state index in [1.54, 1.807) is 6.26 Å². The molecule has 1 heterocycles. The van der Waals surface area contributed by atoms with Crippen LogP contribution in [-0.2, 0) is 4.74 Å². The maximum absolute atomic E-state index is 8.49. The normalized spacial score (nSPS) is 17.4. The Morgan fingerprint density at radius 1 is 1.75 bits per heavy atom. The maximum Gasteiger partial charge on any atom is 0.106 e. The molecule has 0 radical (unpaired) electrons. The quantitative estimate of drug-likeness (QED) is 0.533. The first-order chi connectivity index (χ1) is 3.93. The topological polar surface area (TPSA) is 29.5 Å². The average Bonchev–Trinajstić information content (AvgIpc) is 1.90. The van der Waals surface area contributed by atoms with Crippen LogP contribution in [0.15, 0.2) is 24.0 Å². The molecule has 0 bridgehead atoms. The van der Waals surface area contributed by atoms with Crippen molar-refractivity contribution in [3.05, 3.63) is 24.0 Å². The van der Waals surface area contributed by atoms with Gasteiger partial charge >= 0.3 is 0 Å². The first kappa shape index (κ1) is 5.38. The van der Waals surface area contributed by atoms with Gasteiger partial charge in [0.05, 0.1) is 12.9 Å². The van der Waals surface area contributed by atoms with Gasteiger partial charge < -0.3 is 9.84 Å². The van der Waals surface area contributed by atoms with Gasteiger partial charge in [0, 0.05) is 5.57 Å². The van der Waals surface area contributed by atoms with Crippen LogP contribution in [0.4, 0.5) is 0 Å². The Bertz CT molecular complexity index is 124. The van der Waals surface area contributed by atoms with E-state index in [4.69, 9.17) is 9.84 Å². The predicted octanol–water partition coefficient (Wildman–Crippen LogP) is 0.449. The van der Waals surface area contributed by atoms with Crippen LogP contribution in [0.25, 0.3) is 0 Å². The minimum absolute atomic E-state index is 0.0660. The third kappa shape index (κ3) is 1.10. The van der Waals surface area contributed by atoms with Crippen molar-refractivity contribution in [2.75, 3.05) is 13.2 Å². The highest BCUT2D eigenvalue weighted by Gasteiger charge is 1.92. The molecule has 0 fully saturated rings. The van der Waals surface area contributed by atoms with Crippen molar-refractivity contribution < 1.29 is 9.84 Å². The number of aliphatic hydroxyl groups is 1.